The van der Waals surface area contributed by atoms with Crippen LogP contribution in [0.5, 0.6) is 0 Å². The summed E-state index contributed by atoms with van der Waals surface area (Å²) in [5.74, 6) is 1.29. The van der Waals surface area contributed by atoms with E-state index in [0.717, 1.165) is 49.7 Å². The zero-order chi connectivity index (χ0) is 19.2. The Labute approximate surface area is 164 Å². The number of hydrogen-bond acceptors (Lipinski definition) is 6. The van der Waals surface area contributed by atoms with Gasteiger partial charge in [0.25, 0.3) is 0 Å². The molecule has 1 aliphatic heterocycles. The van der Waals surface area contributed by atoms with Gasteiger partial charge in [-0.25, -0.2) is 9.97 Å². The number of nitrogens with one attached hydrogen (secondary N) is 1. The Bertz CT molecular complexity index is 941. The second kappa shape index (κ2) is 8.59. The first-order valence-electron chi connectivity index (χ1n) is 9.51. The van der Waals surface area contributed by atoms with E-state index in [9.17, 15) is 0 Å². The lowest BCUT2D eigenvalue weighted by Gasteiger charge is -2.31. The summed E-state index contributed by atoms with van der Waals surface area (Å²) in [6, 6.07) is 15.9. The molecule has 0 bridgehead atoms. The topological polar surface area (TPSA) is 77.7 Å². The minimum atomic E-state index is 0.408. The number of nitrogens with zero attached hydrogens (tertiary/aromatic N) is 5. The van der Waals surface area contributed by atoms with Crippen LogP contribution in [0.1, 0.15) is 35.7 Å². The van der Waals surface area contributed by atoms with Crippen molar-refractivity contribution in [1.29, 1.82) is 5.26 Å². The molecule has 3 aromatic rings. The molecular weight excluding hydrogens is 348 g/mol. The monoisotopic (exact) mass is 370 g/mol. The van der Waals surface area contributed by atoms with Crippen molar-refractivity contribution in [3.63, 3.8) is 0 Å². The SMILES string of the molecule is N#Cc1ccc(Nc2cccc(C3CCN(Cc4ccncc4)CC3)n2)cn1. The van der Waals surface area contributed by atoms with Gasteiger partial charge in [0, 0.05) is 30.6 Å². The Kier molecular flexibility index (Phi) is 5.55. The number of hydrogen-bond donors (Lipinski definition) is 1. The summed E-state index contributed by atoms with van der Waals surface area (Å²) < 4.78 is 0. The fraction of sp³-hybridized carbons (Fsp3) is 0.273. The van der Waals surface area contributed by atoms with E-state index in [2.05, 4.69) is 38.4 Å². The largest absolute Gasteiger partial charge is 0.339 e. The number of likely N-dealkylation sites (tertiary alicyclic amines) is 1. The van der Waals surface area contributed by atoms with Crippen molar-refractivity contribution >= 4 is 11.5 Å². The highest BCUT2D eigenvalue weighted by Gasteiger charge is 2.21. The Balaban J connectivity index is 1.36. The first kappa shape index (κ1) is 18.1. The molecule has 28 heavy (non-hydrogen) atoms. The highest BCUT2D eigenvalue weighted by molar-refractivity contribution is 5.55. The van der Waals surface area contributed by atoms with E-state index in [-0.39, 0.29) is 0 Å². The maximum absolute atomic E-state index is 8.85. The molecular formula is C22H22N6. The van der Waals surface area contributed by atoms with Crippen LogP contribution in [0.4, 0.5) is 11.5 Å². The van der Waals surface area contributed by atoms with Gasteiger partial charge in [-0.15, -0.1) is 0 Å². The van der Waals surface area contributed by atoms with E-state index in [4.69, 9.17) is 10.2 Å². The Morgan fingerprint density at radius 3 is 2.61 bits per heavy atom. The number of aromatic nitrogens is 3. The van der Waals surface area contributed by atoms with Crippen molar-refractivity contribution < 1.29 is 0 Å². The van der Waals surface area contributed by atoms with E-state index < -0.39 is 0 Å². The summed E-state index contributed by atoms with van der Waals surface area (Å²) in [6.07, 6.45) is 7.59. The fourth-order valence-electron chi connectivity index (χ4n) is 3.56. The molecule has 1 N–H and O–H groups in total. The molecule has 0 aromatic carbocycles. The summed E-state index contributed by atoms with van der Waals surface area (Å²) in [6.45, 7) is 3.13. The molecule has 0 atom stereocenters. The first-order chi connectivity index (χ1) is 13.8. The van der Waals surface area contributed by atoms with Gasteiger partial charge in [0.2, 0.25) is 0 Å². The van der Waals surface area contributed by atoms with E-state index in [1.807, 2.05) is 36.7 Å². The lowest BCUT2D eigenvalue weighted by Crippen LogP contribution is -2.32. The van der Waals surface area contributed by atoms with Crippen molar-refractivity contribution in [2.45, 2.75) is 25.3 Å². The van der Waals surface area contributed by atoms with Gasteiger partial charge in [-0.2, -0.15) is 5.26 Å². The molecule has 0 radical (unpaired) electrons. The second-order valence-electron chi connectivity index (χ2n) is 7.02. The number of rotatable bonds is 5. The van der Waals surface area contributed by atoms with Gasteiger partial charge in [-0.3, -0.25) is 9.88 Å². The third kappa shape index (κ3) is 4.51. The van der Waals surface area contributed by atoms with Crippen LogP contribution in [0.25, 0.3) is 0 Å². The van der Waals surface area contributed by atoms with Crippen molar-refractivity contribution in [1.82, 2.24) is 19.9 Å². The smallest absolute Gasteiger partial charge is 0.140 e. The van der Waals surface area contributed by atoms with E-state index >= 15 is 0 Å². The van der Waals surface area contributed by atoms with Crippen LogP contribution in [0.2, 0.25) is 0 Å². The Morgan fingerprint density at radius 2 is 1.89 bits per heavy atom. The average molecular weight is 370 g/mol. The van der Waals surface area contributed by atoms with Crippen molar-refractivity contribution in [2.24, 2.45) is 0 Å². The van der Waals surface area contributed by atoms with E-state index in [1.54, 1.807) is 12.3 Å². The molecule has 1 aliphatic rings. The van der Waals surface area contributed by atoms with Crippen LogP contribution < -0.4 is 5.32 Å². The van der Waals surface area contributed by atoms with Gasteiger partial charge in [0.05, 0.1) is 11.9 Å². The number of pyridine rings is 3. The van der Waals surface area contributed by atoms with Gasteiger partial charge < -0.3 is 5.32 Å². The zero-order valence-electron chi connectivity index (χ0n) is 15.6. The third-order valence-corrected chi connectivity index (χ3v) is 5.08. The van der Waals surface area contributed by atoms with Gasteiger partial charge >= 0.3 is 0 Å². The average Bonchev–Trinajstić information content (AvgIpc) is 2.76. The van der Waals surface area contributed by atoms with Crippen LogP contribution in [0, 0.1) is 11.3 Å². The van der Waals surface area contributed by atoms with Gasteiger partial charge in [-0.05, 0) is 67.9 Å². The fourth-order valence-corrected chi connectivity index (χ4v) is 3.56. The van der Waals surface area contributed by atoms with Crippen molar-refractivity contribution in [2.75, 3.05) is 18.4 Å². The molecule has 3 aromatic heterocycles. The predicted molar refractivity (Wildman–Crippen MR) is 108 cm³/mol. The summed E-state index contributed by atoms with van der Waals surface area (Å²) in [5, 5.41) is 12.1. The molecule has 0 amide bonds. The maximum Gasteiger partial charge on any atom is 0.140 e. The summed E-state index contributed by atoms with van der Waals surface area (Å²) in [4.78, 5) is 15.5. The van der Waals surface area contributed by atoms with Crippen LogP contribution in [0.3, 0.4) is 0 Å². The lowest BCUT2D eigenvalue weighted by atomic mass is 9.93. The maximum atomic E-state index is 8.85. The van der Waals surface area contributed by atoms with Crippen molar-refractivity contribution in [3.05, 3.63) is 78.0 Å². The molecule has 0 saturated carbocycles. The molecule has 1 fully saturated rings. The molecule has 6 heteroatoms. The van der Waals surface area contributed by atoms with E-state index in [0.29, 0.717) is 11.6 Å². The molecule has 6 nitrogen and oxygen atoms in total. The number of piperidine rings is 1. The normalized spacial score (nSPS) is 15.1. The lowest BCUT2D eigenvalue weighted by molar-refractivity contribution is 0.203. The third-order valence-electron chi connectivity index (χ3n) is 5.08. The molecule has 4 heterocycles. The molecule has 0 spiro atoms. The Hall–Kier alpha value is -3.30. The van der Waals surface area contributed by atoms with Crippen LogP contribution in [-0.4, -0.2) is 32.9 Å². The van der Waals surface area contributed by atoms with Crippen LogP contribution in [-0.2, 0) is 6.54 Å². The standard InChI is InChI=1S/C22H22N6/c23-14-19-4-5-20(15-25-19)26-22-3-1-2-21(27-22)18-8-12-28(13-9-18)16-17-6-10-24-11-7-17/h1-7,10-11,15,18H,8-9,12-13,16H2,(H,26,27). The summed E-state index contributed by atoms with van der Waals surface area (Å²) in [7, 11) is 0. The van der Waals surface area contributed by atoms with Crippen LogP contribution in [0.15, 0.2) is 61.1 Å². The van der Waals surface area contributed by atoms with Crippen molar-refractivity contribution in [3.8, 4) is 6.07 Å². The van der Waals surface area contributed by atoms with Gasteiger partial charge in [-0.1, -0.05) is 6.07 Å². The molecule has 0 aliphatic carbocycles. The molecule has 4 rings (SSSR count). The predicted octanol–water partition coefficient (Wildman–Crippen LogP) is 3.87. The molecule has 0 unspecified atom stereocenters. The summed E-state index contributed by atoms with van der Waals surface area (Å²) >= 11 is 0. The van der Waals surface area contributed by atoms with Crippen LogP contribution >= 0.6 is 0 Å². The summed E-state index contributed by atoms with van der Waals surface area (Å²) in [5.41, 5.74) is 3.69. The highest BCUT2D eigenvalue weighted by atomic mass is 15.1. The first-order valence-corrected chi connectivity index (χ1v) is 9.51. The molecule has 1 saturated heterocycles. The minimum absolute atomic E-state index is 0.408. The minimum Gasteiger partial charge on any atom is -0.339 e. The zero-order valence-corrected chi connectivity index (χ0v) is 15.6. The van der Waals surface area contributed by atoms with Gasteiger partial charge in [0.1, 0.15) is 17.6 Å². The quantitative estimate of drug-likeness (QED) is 0.735. The van der Waals surface area contributed by atoms with Gasteiger partial charge in [0.15, 0.2) is 0 Å². The highest BCUT2D eigenvalue weighted by Crippen LogP contribution is 2.28. The molecule has 140 valence electrons. The number of anilines is 2. The number of nitriles is 1. The van der Waals surface area contributed by atoms with E-state index in [1.165, 1.54) is 5.56 Å². The second-order valence-corrected chi connectivity index (χ2v) is 7.02. The Morgan fingerprint density at radius 1 is 1.07 bits per heavy atom.